The second-order valence-electron chi connectivity index (χ2n) is 7.57. The van der Waals surface area contributed by atoms with Crippen LogP contribution in [0.3, 0.4) is 0 Å². The number of Topliss-reactive ketones (excluding diaryl/α,β-unsaturated/α-hetero) is 1. The van der Waals surface area contributed by atoms with Crippen LogP contribution in [0.2, 0.25) is 0 Å². The average Bonchev–Trinajstić information content (AvgIpc) is 3.14. The summed E-state index contributed by atoms with van der Waals surface area (Å²) >= 11 is 1.07. The van der Waals surface area contributed by atoms with Crippen molar-refractivity contribution in [3.05, 3.63) is 94.9 Å². The topological polar surface area (TPSA) is 103 Å². The van der Waals surface area contributed by atoms with Gasteiger partial charge in [-0.2, -0.15) is 5.11 Å². The Morgan fingerprint density at radius 3 is 2.18 bits per heavy atom. The van der Waals surface area contributed by atoms with Gasteiger partial charge in [-0.3, -0.25) is 9.59 Å². The van der Waals surface area contributed by atoms with Crippen molar-refractivity contribution in [1.82, 2.24) is 0 Å². The predicted octanol–water partition coefficient (Wildman–Crippen LogP) is 7.38. The molecule has 0 unspecified atom stereocenters. The third-order valence-corrected chi connectivity index (χ3v) is 6.03. The Kier molecular flexibility index (Phi) is 6.79. The highest BCUT2D eigenvalue weighted by atomic mass is 32.1. The van der Waals surface area contributed by atoms with Crippen molar-refractivity contribution in [1.29, 1.82) is 0 Å². The van der Waals surface area contributed by atoms with Crippen LogP contribution in [0.25, 0.3) is 0 Å². The number of ketones is 1. The molecular weight excluding hydrogens is 448 g/mol. The zero-order valence-corrected chi connectivity index (χ0v) is 19.4. The monoisotopic (exact) mass is 470 g/mol. The Morgan fingerprint density at radius 2 is 1.53 bits per heavy atom. The largest absolute Gasteiger partial charge is 0.504 e. The van der Waals surface area contributed by atoms with E-state index in [1.165, 1.54) is 6.92 Å². The zero-order chi connectivity index (χ0) is 24.1. The summed E-state index contributed by atoms with van der Waals surface area (Å²) in [5.74, 6) is -0.822. The highest BCUT2D eigenvalue weighted by Crippen LogP contribution is 2.47. The van der Waals surface area contributed by atoms with E-state index in [0.29, 0.717) is 21.9 Å². The summed E-state index contributed by atoms with van der Waals surface area (Å²) in [5.41, 5.74) is 3.72. The van der Waals surface area contributed by atoms with E-state index in [1.807, 2.05) is 61.5 Å². The maximum absolute atomic E-state index is 13.0. The van der Waals surface area contributed by atoms with Crippen LogP contribution in [-0.2, 0) is 0 Å². The summed E-state index contributed by atoms with van der Waals surface area (Å²) in [5, 5.41) is 25.8. The van der Waals surface area contributed by atoms with Gasteiger partial charge in [0.25, 0.3) is 5.91 Å². The number of azo groups is 1. The first-order valence-electron chi connectivity index (χ1n) is 10.5. The number of benzene rings is 3. The van der Waals surface area contributed by atoms with Crippen molar-refractivity contribution < 1.29 is 14.7 Å². The Morgan fingerprint density at radius 1 is 0.853 bits per heavy atom. The number of aromatic hydroxyl groups is 1. The molecule has 1 heterocycles. The molecule has 3 aromatic carbocycles. The lowest BCUT2D eigenvalue weighted by Gasteiger charge is -2.04. The van der Waals surface area contributed by atoms with E-state index in [0.717, 1.165) is 22.6 Å². The molecule has 170 valence electrons. The van der Waals surface area contributed by atoms with E-state index in [-0.39, 0.29) is 22.1 Å². The van der Waals surface area contributed by atoms with Crippen molar-refractivity contribution in [3.8, 4) is 5.75 Å². The molecule has 4 rings (SSSR count). The van der Waals surface area contributed by atoms with Crippen LogP contribution in [-0.4, -0.2) is 16.8 Å². The number of carbonyl (C=O) groups is 2. The Labute approximate surface area is 200 Å². The van der Waals surface area contributed by atoms with Crippen LogP contribution < -0.4 is 10.6 Å². The van der Waals surface area contributed by atoms with E-state index in [4.69, 9.17) is 0 Å². The molecular formula is C26H22N4O3S. The second-order valence-corrected chi connectivity index (χ2v) is 8.59. The van der Waals surface area contributed by atoms with Gasteiger partial charge in [0.15, 0.2) is 17.2 Å². The third kappa shape index (κ3) is 5.36. The standard InChI is InChI=1S/C26H22N4O3S/c1-16-8-12-21(13-9-16)29-30-22-23(32)24(34-26(22)28-19-6-4-3-5-7-19)25(33)27-20-14-10-18(11-15-20)17(2)31/h3-15,28,32H,1-2H3,(H,27,33). The molecule has 8 heteroatoms. The van der Waals surface area contributed by atoms with Crippen molar-refractivity contribution in [2.45, 2.75) is 13.8 Å². The first-order valence-corrected chi connectivity index (χ1v) is 11.3. The highest BCUT2D eigenvalue weighted by Gasteiger charge is 2.23. The molecule has 0 bridgehead atoms. The molecule has 3 N–H and O–H groups in total. The maximum atomic E-state index is 13.0. The summed E-state index contributed by atoms with van der Waals surface area (Å²) in [7, 11) is 0. The molecule has 0 aliphatic rings. The Hall–Kier alpha value is -4.30. The Balaban J connectivity index is 1.65. The highest BCUT2D eigenvalue weighted by molar-refractivity contribution is 7.19. The number of rotatable bonds is 7. The van der Waals surface area contributed by atoms with E-state index in [2.05, 4.69) is 20.9 Å². The fourth-order valence-corrected chi connectivity index (χ4v) is 4.04. The molecule has 0 aliphatic heterocycles. The summed E-state index contributed by atoms with van der Waals surface area (Å²) in [6, 6.07) is 23.4. The Bertz CT molecular complexity index is 1350. The van der Waals surface area contributed by atoms with Gasteiger partial charge in [0, 0.05) is 16.9 Å². The number of amides is 1. The number of carbonyl (C=O) groups excluding carboxylic acids is 2. The van der Waals surface area contributed by atoms with Gasteiger partial charge < -0.3 is 15.7 Å². The molecule has 0 saturated carbocycles. The van der Waals surface area contributed by atoms with Crippen LogP contribution in [0, 0.1) is 6.92 Å². The predicted molar refractivity (Wildman–Crippen MR) is 135 cm³/mol. The number of anilines is 3. The summed E-state index contributed by atoms with van der Waals surface area (Å²) < 4.78 is 0. The number of aryl methyl sites for hydroxylation is 1. The fourth-order valence-electron chi connectivity index (χ4n) is 3.09. The van der Waals surface area contributed by atoms with Gasteiger partial charge in [0.05, 0.1) is 5.69 Å². The SMILES string of the molecule is CC(=O)c1ccc(NC(=O)c2sc(Nc3ccccc3)c(N=Nc3ccc(C)cc3)c2O)cc1. The quantitative estimate of drug-likeness (QED) is 0.194. The van der Waals surface area contributed by atoms with E-state index >= 15 is 0 Å². The van der Waals surface area contributed by atoms with Gasteiger partial charge in [-0.15, -0.1) is 16.5 Å². The summed E-state index contributed by atoms with van der Waals surface area (Å²) in [6.45, 7) is 3.46. The number of hydrogen-bond donors (Lipinski definition) is 3. The number of hydrogen-bond acceptors (Lipinski definition) is 7. The van der Waals surface area contributed by atoms with Crippen LogP contribution in [0.15, 0.2) is 89.1 Å². The minimum atomic E-state index is -0.494. The van der Waals surface area contributed by atoms with Crippen LogP contribution in [0.5, 0.6) is 5.75 Å². The van der Waals surface area contributed by atoms with Gasteiger partial charge in [0.2, 0.25) is 0 Å². The van der Waals surface area contributed by atoms with Gasteiger partial charge in [0.1, 0.15) is 9.88 Å². The number of thiophene rings is 1. The molecule has 0 atom stereocenters. The lowest BCUT2D eigenvalue weighted by atomic mass is 10.1. The van der Waals surface area contributed by atoms with Gasteiger partial charge in [-0.05, 0) is 62.4 Å². The lowest BCUT2D eigenvalue weighted by Crippen LogP contribution is -2.10. The average molecular weight is 471 g/mol. The first-order chi connectivity index (χ1) is 16.4. The van der Waals surface area contributed by atoms with Gasteiger partial charge >= 0.3 is 0 Å². The number of nitrogens with zero attached hydrogens (tertiary/aromatic N) is 2. The lowest BCUT2D eigenvalue weighted by molar-refractivity contribution is 0.101. The van der Waals surface area contributed by atoms with Gasteiger partial charge in [-0.1, -0.05) is 35.9 Å². The molecule has 0 spiro atoms. The minimum Gasteiger partial charge on any atom is -0.504 e. The molecule has 1 amide bonds. The fraction of sp³-hybridized carbons (Fsp3) is 0.0769. The molecule has 0 fully saturated rings. The van der Waals surface area contributed by atoms with Crippen molar-refractivity contribution in [2.75, 3.05) is 10.6 Å². The minimum absolute atomic E-state index is 0.0611. The summed E-state index contributed by atoms with van der Waals surface area (Å²) in [6.07, 6.45) is 0. The van der Waals surface area contributed by atoms with Crippen molar-refractivity contribution >= 4 is 50.8 Å². The number of nitrogens with one attached hydrogen (secondary N) is 2. The van der Waals surface area contributed by atoms with Crippen LogP contribution in [0.4, 0.5) is 27.8 Å². The summed E-state index contributed by atoms with van der Waals surface area (Å²) in [4.78, 5) is 24.5. The molecule has 4 aromatic rings. The first kappa shape index (κ1) is 22.9. The van der Waals surface area contributed by atoms with Crippen LogP contribution >= 0.6 is 11.3 Å². The van der Waals surface area contributed by atoms with Crippen molar-refractivity contribution in [2.24, 2.45) is 10.2 Å². The van der Waals surface area contributed by atoms with Gasteiger partial charge in [-0.25, -0.2) is 0 Å². The van der Waals surface area contributed by atoms with Crippen molar-refractivity contribution in [3.63, 3.8) is 0 Å². The second kappa shape index (κ2) is 10.1. The zero-order valence-electron chi connectivity index (χ0n) is 18.6. The number of para-hydroxylation sites is 1. The maximum Gasteiger partial charge on any atom is 0.269 e. The molecule has 7 nitrogen and oxygen atoms in total. The van der Waals surface area contributed by atoms with E-state index in [1.54, 1.807) is 24.3 Å². The smallest absolute Gasteiger partial charge is 0.269 e. The molecule has 0 aliphatic carbocycles. The molecule has 0 saturated heterocycles. The van der Waals surface area contributed by atoms with E-state index < -0.39 is 5.91 Å². The van der Waals surface area contributed by atoms with E-state index in [9.17, 15) is 14.7 Å². The third-order valence-electron chi connectivity index (χ3n) is 4.95. The van der Waals surface area contributed by atoms with Crippen LogP contribution in [0.1, 0.15) is 32.5 Å². The molecule has 1 aromatic heterocycles. The molecule has 0 radical (unpaired) electrons. The normalized spacial score (nSPS) is 10.9. The molecule has 34 heavy (non-hydrogen) atoms.